The van der Waals surface area contributed by atoms with Gasteiger partial charge in [-0.2, -0.15) is 0 Å². The van der Waals surface area contributed by atoms with Gasteiger partial charge in [0.25, 0.3) is 5.91 Å². The third kappa shape index (κ3) is 4.88. The maximum atomic E-state index is 16.2. The summed E-state index contributed by atoms with van der Waals surface area (Å²) >= 11 is 12.3. The largest absolute Gasteiger partial charge is 0.478 e. The molecule has 1 fully saturated rings. The van der Waals surface area contributed by atoms with Gasteiger partial charge >= 0.3 is 5.97 Å². The van der Waals surface area contributed by atoms with Gasteiger partial charge in [0.15, 0.2) is 5.72 Å². The standard InChI is InChI=1S/C30H28Cl2FNO6/c1-28(2,39)19-11-23-25(24(33)12-19)30(18-4-7-20(31)8-5-18,40-16-29(15-35)9-10-29)34(26(23)36)14-17-3-6-21(32)13-22(17)27(37)38/h3-8,11-13,35,39H,9-10,14-16H2,1-2H3,(H,37,38). The van der Waals surface area contributed by atoms with Crippen LogP contribution in [0.4, 0.5) is 4.39 Å². The van der Waals surface area contributed by atoms with Gasteiger partial charge in [-0.3, -0.25) is 9.69 Å². The highest BCUT2D eigenvalue weighted by atomic mass is 35.5. The molecule has 0 spiro atoms. The number of carbonyl (C=O) groups excluding carboxylic acids is 1. The van der Waals surface area contributed by atoms with Crippen LogP contribution in [0.3, 0.4) is 0 Å². The molecule has 10 heteroatoms. The van der Waals surface area contributed by atoms with Crippen LogP contribution in [-0.2, 0) is 22.6 Å². The van der Waals surface area contributed by atoms with E-state index in [2.05, 4.69) is 0 Å². The number of halogens is 3. The molecule has 1 aliphatic heterocycles. The van der Waals surface area contributed by atoms with Gasteiger partial charge in [-0.1, -0.05) is 41.4 Å². The summed E-state index contributed by atoms with van der Waals surface area (Å²) in [5.41, 5.74) is -3.19. The van der Waals surface area contributed by atoms with Crippen molar-refractivity contribution < 1.29 is 34.0 Å². The van der Waals surface area contributed by atoms with Crippen molar-refractivity contribution in [1.82, 2.24) is 4.90 Å². The van der Waals surface area contributed by atoms with Crippen LogP contribution in [-0.4, -0.2) is 45.3 Å². The maximum absolute atomic E-state index is 16.2. The van der Waals surface area contributed by atoms with Crippen molar-refractivity contribution in [3.8, 4) is 0 Å². The Bertz CT molecular complexity index is 1500. The van der Waals surface area contributed by atoms with E-state index >= 15 is 4.39 Å². The summed E-state index contributed by atoms with van der Waals surface area (Å²) in [6.45, 7) is 2.57. The number of carbonyl (C=O) groups is 2. The number of hydrogen-bond acceptors (Lipinski definition) is 5. The van der Waals surface area contributed by atoms with Crippen molar-refractivity contribution in [3.05, 3.63) is 104 Å². The quantitative estimate of drug-likeness (QED) is 0.296. The fraction of sp³-hybridized carbons (Fsp3) is 0.333. The van der Waals surface area contributed by atoms with E-state index in [0.29, 0.717) is 23.4 Å². The fourth-order valence-corrected chi connectivity index (χ4v) is 5.43. The predicted octanol–water partition coefficient (Wildman–Crippen LogP) is 5.70. The molecule has 7 nitrogen and oxygen atoms in total. The second kappa shape index (κ2) is 10.1. The van der Waals surface area contributed by atoms with E-state index in [0.717, 1.165) is 0 Å². The zero-order valence-electron chi connectivity index (χ0n) is 21.9. The molecule has 5 rings (SSSR count). The van der Waals surface area contributed by atoms with Crippen LogP contribution in [0.2, 0.25) is 10.0 Å². The molecule has 2 aliphatic rings. The lowest BCUT2D eigenvalue weighted by Crippen LogP contribution is -2.48. The molecule has 3 aromatic carbocycles. The number of ether oxygens (including phenoxy) is 1. The topological polar surface area (TPSA) is 107 Å². The molecule has 3 N–H and O–H groups in total. The third-order valence-corrected chi connectivity index (χ3v) is 8.22. The number of benzene rings is 3. The Labute approximate surface area is 240 Å². The van der Waals surface area contributed by atoms with Crippen LogP contribution in [0.25, 0.3) is 0 Å². The summed E-state index contributed by atoms with van der Waals surface area (Å²) in [5.74, 6) is -2.63. The normalized spacial score (nSPS) is 19.6. The zero-order valence-corrected chi connectivity index (χ0v) is 23.4. The molecule has 1 unspecified atom stereocenters. The number of aliphatic hydroxyl groups is 2. The molecule has 3 aromatic rings. The number of aromatic carboxylic acids is 1. The van der Waals surface area contributed by atoms with Crippen molar-refractivity contribution >= 4 is 35.1 Å². The summed E-state index contributed by atoms with van der Waals surface area (Å²) < 4.78 is 22.8. The van der Waals surface area contributed by atoms with Crippen LogP contribution in [0.5, 0.6) is 0 Å². The lowest BCUT2D eigenvalue weighted by Gasteiger charge is -2.40. The van der Waals surface area contributed by atoms with Gasteiger partial charge in [-0.05, 0) is 74.2 Å². The van der Waals surface area contributed by atoms with Crippen LogP contribution in [0.1, 0.15) is 69.7 Å². The Morgan fingerprint density at radius 1 is 1.07 bits per heavy atom. The van der Waals surface area contributed by atoms with E-state index in [1.807, 2.05) is 0 Å². The maximum Gasteiger partial charge on any atom is 0.336 e. The molecule has 1 atom stereocenters. The lowest BCUT2D eigenvalue weighted by atomic mass is 9.88. The Morgan fingerprint density at radius 2 is 1.73 bits per heavy atom. The van der Waals surface area contributed by atoms with E-state index in [1.165, 1.54) is 49.1 Å². The van der Waals surface area contributed by atoms with Crippen molar-refractivity contribution in [2.45, 2.75) is 44.6 Å². The number of nitrogens with zero attached hydrogens (tertiary/aromatic N) is 1. The molecule has 1 heterocycles. The minimum Gasteiger partial charge on any atom is -0.478 e. The van der Waals surface area contributed by atoms with Gasteiger partial charge < -0.3 is 20.1 Å². The van der Waals surface area contributed by atoms with Crippen molar-refractivity contribution in [3.63, 3.8) is 0 Å². The summed E-state index contributed by atoms with van der Waals surface area (Å²) in [6.07, 6.45) is 1.39. The van der Waals surface area contributed by atoms with E-state index in [1.54, 1.807) is 24.3 Å². The SMILES string of the molecule is CC(C)(O)c1cc(F)c2c(c1)C(=O)N(Cc1ccc(Cl)cc1C(=O)O)C2(OCC1(CO)CC1)c1ccc(Cl)cc1. The van der Waals surface area contributed by atoms with Crippen LogP contribution >= 0.6 is 23.2 Å². The number of rotatable bonds is 9. The van der Waals surface area contributed by atoms with E-state index < -0.39 is 34.4 Å². The van der Waals surface area contributed by atoms with Crippen molar-refractivity contribution in [2.24, 2.45) is 5.41 Å². The van der Waals surface area contributed by atoms with Gasteiger partial charge in [-0.25, -0.2) is 9.18 Å². The van der Waals surface area contributed by atoms with Crippen LogP contribution < -0.4 is 0 Å². The van der Waals surface area contributed by atoms with E-state index in [9.17, 15) is 24.9 Å². The van der Waals surface area contributed by atoms with Crippen LogP contribution in [0.15, 0.2) is 54.6 Å². The number of fused-ring (bicyclic) bond motifs is 1. The molecule has 1 aliphatic carbocycles. The second-order valence-corrected chi connectivity index (χ2v) is 11.9. The minimum absolute atomic E-state index is 0.00837. The molecular formula is C30H28Cl2FNO6. The third-order valence-electron chi connectivity index (χ3n) is 7.74. The average Bonchev–Trinajstić information content (AvgIpc) is 3.64. The van der Waals surface area contributed by atoms with Crippen LogP contribution in [0, 0.1) is 11.2 Å². The highest BCUT2D eigenvalue weighted by molar-refractivity contribution is 6.31. The van der Waals surface area contributed by atoms with E-state index in [-0.39, 0.29) is 52.6 Å². The van der Waals surface area contributed by atoms with E-state index in [4.69, 9.17) is 27.9 Å². The first-order chi connectivity index (χ1) is 18.8. The summed E-state index contributed by atoms with van der Waals surface area (Å²) in [6, 6.07) is 13.4. The molecule has 0 aromatic heterocycles. The fourth-order valence-electron chi connectivity index (χ4n) is 5.13. The monoisotopic (exact) mass is 587 g/mol. The van der Waals surface area contributed by atoms with Gasteiger partial charge in [-0.15, -0.1) is 0 Å². The highest BCUT2D eigenvalue weighted by Crippen LogP contribution is 2.52. The first-order valence-electron chi connectivity index (χ1n) is 12.7. The number of carboxylic acid groups (broad SMARTS) is 1. The molecule has 40 heavy (non-hydrogen) atoms. The van der Waals surface area contributed by atoms with Crippen molar-refractivity contribution in [1.29, 1.82) is 0 Å². The smallest absolute Gasteiger partial charge is 0.336 e. The molecule has 0 bridgehead atoms. The predicted molar refractivity (Wildman–Crippen MR) is 147 cm³/mol. The Hall–Kier alpha value is -3.01. The molecular weight excluding hydrogens is 560 g/mol. The summed E-state index contributed by atoms with van der Waals surface area (Å²) in [5, 5.41) is 31.1. The second-order valence-electron chi connectivity index (χ2n) is 11.0. The number of carboxylic acids is 1. The van der Waals surface area contributed by atoms with Gasteiger partial charge in [0, 0.05) is 21.0 Å². The highest BCUT2D eigenvalue weighted by Gasteiger charge is 2.56. The van der Waals surface area contributed by atoms with Gasteiger partial charge in [0.1, 0.15) is 5.82 Å². The molecule has 1 amide bonds. The number of amides is 1. The zero-order chi connectivity index (χ0) is 29.0. The average molecular weight is 588 g/mol. The van der Waals surface area contributed by atoms with Gasteiger partial charge in [0.05, 0.1) is 42.0 Å². The Kier molecular flexibility index (Phi) is 7.21. The Balaban J connectivity index is 1.77. The number of aliphatic hydroxyl groups excluding tert-OH is 1. The first kappa shape index (κ1) is 28.5. The lowest BCUT2D eigenvalue weighted by molar-refractivity contribution is -0.130. The molecule has 210 valence electrons. The minimum atomic E-state index is -1.83. The molecule has 0 radical (unpaired) electrons. The first-order valence-corrected chi connectivity index (χ1v) is 13.5. The summed E-state index contributed by atoms with van der Waals surface area (Å²) in [4.78, 5) is 27.6. The van der Waals surface area contributed by atoms with Crippen molar-refractivity contribution in [2.75, 3.05) is 13.2 Å². The summed E-state index contributed by atoms with van der Waals surface area (Å²) in [7, 11) is 0. The van der Waals surface area contributed by atoms with Gasteiger partial charge in [0.2, 0.25) is 0 Å². The molecule has 0 saturated heterocycles. The molecule has 1 saturated carbocycles. The Morgan fingerprint density at radius 3 is 2.30 bits per heavy atom. The number of hydrogen-bond donors (Lipinski definition) is 3.